The van der Waals surface area contributed by atoms with Crippen molar-refractivity contribution in [3.63, 3.8) is 0 Å². The molecule has 0 saturated carbocycles. The Morgan fingerprint density at radius 1 is 1.37 bits per heavy atom. The molecule has 104 valence electrons. The number of aromatic nitrogens is 2. The van der Waals surface area contributed by atoms with Gasteiger partial charge in [0.2, 0.25) is 0 Å². The number of thiophene rings is 1. The number of imidazole rings is 1. The van der Waals surface area contributed by atoms with Gasteiger partial charge in [-0.1, -0.05) is 13.8 Å². The Balaban J connectivity index is 2.08. The molecule has 19 heavy (non-hydrogen) atoms. The highest BCUT2D eigenvalue weighted by Crippen LogP contribution is 2.20. The molecule has 1 atom stereocenters. The molecule has 0 saturated heterocycles. The Morgan fingerprint density at radius 3 is 2.95 bits per heavy atom. The van der Waals surface area contributed by atoms with E-state index >= 15 is 0 Å². The fraction of sp³-hybridized carbons (Fsp3) is 0.533. The molecule has 2 heterocycles. The molecule has 0 aliphatic heterocycles. The van der Waals surface area contributed by atoms with Crippen LogP contribution in [0.25, 0.3) is 0 Å². The summed E-state index contributed by atoms with van der Waals surface area (Å²) in [6.45, 7) is 6.51. The summed E-state index contributed by atoms with van der Waals surface area (Å²) in [4.78, 5) is 4.52. The summed E-state index contributed by atoms with van der Waals surface area (Å²) in [7, 11) is 0. The summed E-state index contributed by atoms with van der Waals surface area (Å²) >= 11 is 1.76. The van der Waals surface area contributed by atoms with Gasteiger partial charge in [-0.05, 0) is 41.8 Å². The van der Waals surface area contributed by atoms with E-state index in [9.17, 15) is 0 Å². The Bertz CT molecular complexity index is 461. The molecule has 0 fully saturated rings. The molecule has 2 rings (SSSR count). The molecule has 0 aliphatic carbocycles. The van der Waals surface area contributed by atoms with Crippen molar-refractivity contribution in [1.82, 2.24) is 14.9 Å². The molecular formula is C15H23N3S. The average Bonchev–Trinajstić information content (AvgIpc) is 3.06. The van der Waals surface area contributed by atoms with E-state index in [1.165, 1.54) is 11.4 Å². The fourth-order valence-corrected chi connectivity index (χ4v) is 2.97. The highest BCUT2D eigenvalue weighted by atomic mass is 32.1. The SMILES string of the molecule is CCCNC(Cc1nccn1CCC)c1ccsc1. The van der Waals surface area contributed by atoms with Crippen molar-refractivity contribution in [2.45, 2.75) is 45.7 Å². The van der Waals surface area contributed by atoms with Gasteiger partial charge in [-0.25, -0.2) is 4.98 Å². The zero-order valence-electron chi connectivity index (χ0n) is 11.8. The summed E-state index contributed by atoms with van der Waals surface area (Å²) < 4.78 is 2.27. The topological polar surface area (TPSA) is 29.9 Å². The quantitative estimate of drug-likeness (QED) is 0.798. The second-order valence-corrected chi connectivity index (χ2v) is 5.58. The van der Waals surface area contributed by atoms with Crippen LogP contribution in [0.2, 0.25) is 0 Å². The Hall–Kier alpha value is -1.13. The van der Waals surface area contributed by atoms with E-state index in [2.05, 4.69) is 51.7 Å². The van der Waals surface area contributed by atoms with E-state index in [1.807, 2.05) is 6.20 Å². The van der Waals surface area contributed by atoms with E-state index in [-0.39, 0.29) is 0 Å². The van der Waals surface area contributed by atoms with Crippen molar-refractivity contribution >= 4 is 11.3 Å². The second kappa shape index (κ2) is 7.46. The molecule has 2 aromatic heterocycles. The van der Waals surface area contributed by atoms with Gasteiger partial charge in [-0.15, -0.1) is 0 Å². The number of nitrogens with zero attached hydrogens (tertiary/aromatic N) is 2. The maximum Gasteiger partial charge on any atom is 0.110 e. The van der Waals surface area contributed by atoms with Gasteiger partial charge >= 0.3 is 0 Å². The summed E-state index contributed by atoms with van der Waals surface area (Å²) in [6, 6.07) is 2.59. The predicted octanol–water partition coefficient (Wildman–Crippen LogP) is 3.64. The maximum atomic E-state index is 4.52. The van der Waals surface area contributed by atoms with Crippen LogP contribution in [-0.4, -0.2) is 16.1 Å². The third-order valence-corrected chi connectivity index (χ3v) is 3.94. The lowest BCUT2D eigenvalue weighted by atomic mass is 10.1. The lowest BCUT2D eigenvalue weighted by Gasteiger charge is -2.18. The van der Waals surface area contributed by atoms with Crippen LogP contribution in [0.15, 0.2) is 29.2 Å². The smallest absolute Gasteiger partial charge is 0.110 e. The van der Waals surface area contributed by atoms with Crippen LogP contribution < -0.4 is 5.32 Å². The first kappa shape index (κ1) is 14.3. The van der Waals surface area contributed by atoms with Crippen LogP contribution in [-0.2, 0) is 13.0 Å². The van der Waals surface area contributed by atoms with E-state index in [4.69, 9.17) is 0 Å². The Kier molecular flexibility index (Phi) is 5.61. The fourth-order valence-electron chi connectivity index (χ4n) is 2.26. The molecule has 1 unspecified atom stereocenters. The third kappa shape index (κ3) is 3.91. The Labute approximate surface area is 119 Å². The van der Waals surface area contributed by atoms with Crippen molar-refractivity contribution in [2.24, 2.45) is 0 Å². The molecule has 0 amide bonds. The first-order chi connectivity index (χ1) is 9.35. The first-order valence-corrected chi connectivity index (χ1v) is 8.04. The first-order valence-electron chi connectivity index (χ1n) is 7.10. The second-order valence-electron chi connectivity index (χ2n) is 4.80. The molecule has 0 aliphatic rings. The van der Waals surface area contributed by atoms with Crippen molar-refractivity contribution in [3.8, 4) is 0 Å². The molecule has 4 heteroatoms. The Morgan fingerprint density at radius 2 is 2.26 bits per heavy atom. The molecule has 3 nitrogen and oxygen atoms in total. The number of hydrogen-bond acceptors (Lipinski definition) is 3. The van der Waals surface area contributed by atoms with E-state index in [0.717, 1.165) is 32.4 Å². The van der Waals surface area contributed by atoms with Gasteiger partial charge in [0.25, 0.3) is 0 Å². The average molecular weight is 277 g/mol. The zero-order chi connectivity index (χ0) is 13.5. The molecular weight excluding hydrogens is 254 g/mol. The van der Waals surface area contributed by atoms with Crippen molar-refractivity contribution in [2.75, 3.05) is 6.54 Å². The van der Waals surface area contributed by atoms with E-state index in [0.29, 0.717) is 6.04 Å². The van der Waals surface area contributed by atoms with Crippen LogP contribution in [0, 0.1) is 0 Å². The lowest BCUT2D eigenvalue weighted by molar-refractivity contribution is 0.503. The normalized spacial score (nSPS) is 12.7. The van der Waals surface area contributed by atoms with E-state index < -0.39 is 0 Å². The molecule has 0 aromatic carbocycles. The van der Waals surface area contributed by atoms with Gasteiger partial charge in [-0.3, -0.25) is 0 Å². The third-order valence-electron chi connectivity index (χ3n) is 3.24. The highest BCUT2D eigenvalue weighted by molar-refractivity contribution is 7.07. The van der Waals surface area contributed by atoms with Gasteiger partial charge in [-0.2, -0.15) is 11.3 Å². The summed E-state index contributed by atoms with van der Waals surface area (Å²) in [5.41, 5.74) is 1.38. The van der Waals surface area contributed by atoms with Crippen LogP contribution in [0.1, 0.15) is 44.1 Å². The van der Waals surface area contributed by atoms with Gasteiger partial charge in [0.05, 0.1) is 0 Å². The standard InChI is InChI=1S/C15H23N3S/c1-3-6-16-14(13-5-10-19-12-13)11-15-17-7-9-18(15)8-4-2/h5,7,9-10,12,14,16H,3-4,6,8,11H2,1-2H3. The van der Waals surface area contributed by atoms with Gasteiger partial charge < -0.3 is 9.88 Å². The van der Waals surface area contributed by atoms with Crippen molar-refractivity contribution < 1.29 is 0 Å². The minimum absolute atomic E-state index is 0.379. The van der Waals surface area contributed by atoms with Crippen molar-refractivity contribution in [1.29, 1.82) is 0 Å². The minimum Gasteiger partial charge on any atom is -0.335 e. The van der Waals surface area contributed by atoms with Crippen LogP contribution >= 0.6 is 11.3 Å². The van der Waals surface area contributed by atoms with Gasteiger partial charge in [0, 0.05) is 31.4 Å². The van der Waals surface area contributed by atoms with Crippen molar-refractivity contribution in [3.05, 3.63) is 40.6 Å². The number of aryl methyl sites for hydroxylation is 1. The van der Waals surface area contributed by atoms with E-state index in [1.54, 1.807) is 11.3 Å². The predicted molar refractivity (Wildman–Crippen MR) is 81.6 cm³/mol. The summed E-state index contributed by atoms with van der Waals surface area (Å²) in [5.74, 6) is 1.18. The molecule has 1 N–H and O–H groups in total. The maximum absolute atomic E-state index is 4.52. The molecule has 2 aromatic rings. The van der Waals surface area contributed by atoms with Crippen LogP contribution in [0.4, 0.5) is 0 Å². The van der Waals surface area contributed by atoms with Crippen LogP contribution in [0.5, 0.6) is 0 Å². The number of hydrogen-bond donors (Lipinski definition) is 1. The zero-order valence-corrected chi connectivity index (χ0v) is 12.6. The molecule has 0 spiro atoms. The molecule has 0 radical (unpaired) electrons. The summed E-state index contributed by atoms with van der Waals surface area (Å²) in [5, 5.41) is 8.02. The van der Waals surface area contributed by atoms with Gasteiger partial charge in [0.1, 0.15) is 5.82 Å². The number of rotatable bonds is 8. The summed E-state index contributed by atoms with van der Waals surface area (Å²) in [6.07, 6.45) is 7.27. The highest BCUT2D eigenvalue weighted by Gasteiger charge is 2.14. The van der Waals surface area contributed by atoms with Gasteiger partial charge in [0.15, 0.2) is 0 Å². The lowest BCUT2D eigenvalue weighted by Crippen LogP contribution is -2.25. The minimum atomic E-state index is 0.379. The molecule has 0 bridgehead atoms. The largest absolute Gasteiger partial charge is 0.335 e. The number of nitrogens with one attached hydrogen (secondary N) is 1. The van der Waals surface area contributed by atoms with Crippen LogP contribution in [0.3, 0.4) is 0 Å². The monoisotopic (exact) mass is 277 g/mol.